The number of amides is 5. The average molecular weight is 1010 g/mol. The smallest absolute Gasteiger partial charge is 0.407 e. The first kappa shape index (κ1) is 54.3. The lowest BCUT2D eigenvalue weighted by Gasteiger charge is -2.38. The summed E-state index contributed by atoms with van der Waals surface area (Å²) >= 11 is 0. The van der Waals surface area contributed by atoms with E-state index in [4.69, 9.17) is 19.9 Å². The zero-order chi connectivity index (χ0) is 53.4. The Kier molecular flexibility index (Phi) is 17.0. The van der Waals surface area contributed by atoms with E-state index in [9.17, 15) is 33.6 Å². The van der Waals surface area contributed by atoms with Gasteiger partial charge >= 0.3 is 18.0 Å². The van der Waals surface area contributed by atoms with Crippen molar-refractivity contribution < 1.29 is 47.8 Å². The summed E-state index contributed by atoms with van der Waals surface area (Å²) in [6, 6.07) is 27.8. The fourth-order valence-electron chi connectivity index (χ4n) is 9.86. The van der Waals surface area contributed by atoms with E-state index in [-0.39, 0.29) is 38.3 Å². The Morgan fingerprint density at radius 2 is 1.34 bits per heavy atom. The van der Waals surface area contributed by atoms with Gasteiger partial charge in [0.1, 0.15) is 35.4 Å². The van der Waals surface area contributed by atoms with Gasteiger partial charge < -0.3 is 45.8 Å². The molecule has 6 N–H and O–H groups in total. The molecule has 1 saturated carbocycles. The Bertz CT molecular complexity index is 2800. The molecular weight excluding hydrogens is 941 g/mol. The summed E-state index contributed by atoms with van der Waals surface area (Å²) in [5, 5.41) is 12.4. The van der Waals surface area contributed by atoms with Crippen molar-refractivity contribution in [3.8, 4) is 11.1 Å². The molecule has 392 valence electrons. The Labute approximate surface area is 432 Å². The largest absolute Gasteiger partial charge is 0.459 e. The summed E-state index contributed by atoms with van der Waals surface area (Å²) in [5.74, 6) is -6.04. The van der Waals surface area contributed by atoms with Crippen LogP contribution in [0.25, 0.3) is 22.0 Å². The van der Waals surface area contributed by atoms with Gasteiger partial charge in [-0.3, -0.25) is 28.8 Å². The molecule has 2 atom stereocenters. The minimum absolute atomic E-state index is 0.0295. The molecule has 1 fully saturated rings. The molecule has 0 unspecified atom stereocenters. The number of carbonyl (C=O) groups is 7. The normalized spacial score (nSPS) is 15.0. The van der Waals surface area contributed by atoms with Crippen molar-refractivity contribution in [1.29, 1.82) is 0 Å². The molecule has 0 saturated heterocycles. The second kappa shape index (κ2) is 23.2. The van der Waals surface area contributed by atoms with Crippen LogP contribution in [0.1, 0.15) is 126 Å². The zero-order valence-corrected chi connectivity index (χ0v) is 43.5. The second-order valence-corrected chi connectivity index (χ2v) is 21.5. The van der Waals surface area contributed by atoms with E-state index in [1.54, 1.807) is 65.8 Å². The number of benzene rings is 4. The number of hydrogen-bond acceptors (Lipinski definition) is 10. The van der Waals surface area contributed by atoms with E-state index in [0.29, 0.717) is 36.9 Å². The van der Waals surface area contributed by atoms with Crippen LogP contribution < -0.4 is 27.0 Å². The second-order valence-electron chi connectivity index (χ2n) is 21.5. The summed E-state index contributed by atoms with van der Waals surface area (Å²) in [4.78, 5) is 96.4. The average Bonchev–Trinajstić information content (AvgIpc) is 3.89. The Morgan fingerprint density at radius 3 is 1.93 bits per heavy atom. The number of esters is 2. The van der Waals surface area contributed by atoms with Gasteiger partial charge in [-0.25, -0.2) is 4.79 Å². The third kappa shape index (κ3) is 13.8. The molecule has 74 heavy (non-hydrogen) atoms. The van der Waals surface area contributed by atoms with Crippen LogP contribution in [0.5, 0.6) is 0 Å². The van der Waals surface area contributed by atoms with Crippen LogP contribution in [-0.2, 0) is 55.9 Å². The Hall–Kier alpha value is -7.49. The maximum absolute atomic E-state index is 14.8. The summed E-state index contributed by atoms with van der Waals surface area (Å²) in [5.41, 5.74) is 9.42. The van der Waals surface area contributed by atoms with E-state index in [1.807, 2.05) is 73.8 Å². The van der Waals surface area contributed by atoms with Crippen molar-refractivity contribution in [3.05, 3.63) is 131 Å². The first-order valence-corrected chi connectivity index (χ1v) is 25.5. The molecule has 16 nitrogen and oxygen atoms in total. The molecule has 5 amide bonds. The van der Waals surface area contributed by atoms with Crippen molar-refractivity contribution in [3.63, 3.8) is 0 Å². The zero-order valence-electron chi connectivity index (χ0n) is 43.5. The maximum Gasteiger partial charge on any atom is 0.407 e. The maximum atomic E-state index is 14.8. The van der Waals surface area contributed by atoms with E-state index >= 15 is 0 Å². The predicted octanol–water partition coefficient (Wildman–Crippen LogP) is 7.55. The number of hydrogen-bond donors (Lipinski definition) is 5. The number of carbonyl (C=O) groups excluding carboxylic acids is 7. The van der Waals surface area contributed by atoms with Crippen LogP contribution in [0, 0.1) is 6.92 Å². The SMILES string of the molecule is Cc1ccc2c(ccn2CCCNC(=O)[C@H](CC(N)=O)NC(=O)C2(NC(=O)[C@H](Cc3ccc(C(C(=O)OC(C)(C)C)C(=O)OC(C)(C)C)cc3)NC(=O)OCC3c4ccccc4-c4ccccc43)CCCCC2)c1. The van der Waals surface area contributed by atoms with Crippen molar-refractivity contribution in [2.45, 2.75) is 147 Å². The van der Waals surface area contributed by atoms with Crippen LogP contribution in [0.4, 0.5) is 4.79 Å². The minimum Gasteiger partial charge on any atom is -0.459 e. The van der Waals surface area contributed by atoms with Gasteiger partial charge in [-0.1, -0.05) is 104 Å². The monoisotopic (exact) mass is 1010 g/mol. The minimum atomic E-state index is -1.53. The lowest BCUT2D eigenvalue weighted by atomic mass is 9.80. The van der Waals surface area contributed by atoms with Gasteiger partial charge in [0, 0.05) is 37.1 Å². The molecule has 7 rings (SSSR count). The van der Waals surface area contributed by atoms with Gasteiger partial charge in [0.05, 0.1) is 6.42 Å². The van der Waals surface area contributed by atoms with Gasteiger partial charge in [-0.2, -0.15) is 0 Å². The number of nitrogens with two attached hydrogens (primary N) is 1. The first-order chi connectivity index (χ1) is 35.1. The number of rotatable bonds is 19. The highest BCUT2D eigenvalue weighted by Gasteiger charge is 2.44. The molecule has 0 spiro atoms. The third-order valence-electron chi connectivity index (χ3n) is 13.3. The molecule has 1 aromatic heterocycles. The fourth-order valence-corrected chi connectivity index (χ4v) is 9.86. The molecule has 2 aliphatic rings. The van der Waals surface area contributed by atoms with E-state index in [1.165, 1.54) is 0 Å². The molecule has 0 bridgehead atoms. The highest BCUT2D eigenvalue weighted by atomic mass is 16.6. The molecule has 4 aromatic carbocycles. The molecule has 16 heteroatoms. The lowest BCUT2D eigenvalue weighted by Crippen LogP contribution is -2.65. The number of nitrogens with zero attached hydrogens (tertiary/aromatic N) is 1. The topological polar surface area (TPSA) is 226 Å². The van der Waals surface area contributed by atoms with Crippen molar-refractivity contribution >= 4 is 52.6 Å². The number of nitrogens with one attached hydrogen (secondary N) is 4. The summed E-state index contributed by atoms with van der Waals surface area (Å²) in [6.45, 7) is 13.1. The van der Waals surface area contributed by atoms with Crippen LogP contribution in [0.15, 0.2) is 103 Å². The Morgan fingerprint density at radius 1 is 0.730 bits per heavy atom. The number of fused-ring (bicyclic) bond motifs is 4. The summed E-state index contributed by atoms with van der Waals surface area (Å²) in [6.07, 6.45) is 3.43. The van der Waals surface area contributed by atoms with Crippen molar-refractivity contribution in [2.75, 3.05) is 13.2 Å². The number of primary amides is 1. The van der Waals surface area contributed by atoms with Crippen LogP contribution in [-0.4, -0.2) is 88.2 Å². The summed E-state index contributed by atoms with van der Waals surface area (Å²) < 4.78 is 19.3. The van der Waals surface area contributed by atoms with Gasteiger partial charge in [0.25, 0.3) is 0 Å². The van der Waals surface area contributed by atoms with Crippen LogP contribution in [0.3, 0.4) is 0 Å². The Balaban J connectivity index is 1.10. The standard InChI is InChI=1S/C58H70N6O10/c1-36-20-25-47-39(32-36)26-31-64(47)30-15-29-60-50(66)46(34-48(59)65)61-54(70)58(27-13-8-14-28-58)63-51(67)45(62-55(71)72-35-44-42-18-11-9-16-40(42)41-17-10-12-19-43(41)44)33-37-21-23-38(24-22-37)49(52(68)73-56(2,3)4)53(69)74-57(5,6)7/h9-12,16-26,31-32,44-46,49H,8,13-15,27-30,33-35H2,1-7H3,(H2,59,65)(H,60,66)(H,61,70)(H,62,71)(H,63,67)/t45-,46-/m0/s1. The highest BCUT2D eigenvalue weighted by molar-refractivity contribution is 6.01. The van der Waals surface area contributed by atoms with E-state index in [0.717, 1.165) is 45.1 Å². The number of alkyl carbamates (subject to hydrolysis) is 1. The fraction of sp³-hybridized carbons (Fsp3) is 0.431. The van der Waals surface area contributed by atoms with Crippen LogP contribution in [0.2, 0.25) is 0 Å². The van der Waals surface area contributed by atoms with Gasteiger partial charge in [-0.15, -0.1) is 0 Å². The van der Waals surface area contributed by atoms with E-state index in [2.05, 4.69) is 38.0 Å². The molecule has 0 radical (unpaired) electrons. The predicted molar refractivity (Wildman–Crippen MR) is 281 cm³/mol. The molecule has 1 heterocycles. The molecule has 0 aliphatic heterocycles. The summed E-state index contributed by atoms with van der Waals surface area (Å²) in [7, 11) is 0. The highest BCUT2D eigenvalue weighted by Crippen LogP contribution is 2.44. The molecule has 5 aromatic rings. The van der Waals surface area contributed by atoms with Crippen molar-refractivity contribution in [1.82, 2.24) is 25.8 Å². The lowest BCUT2D eigenvalue weighted by molar-refractivity contribution is -0.169. The first-order valence-electron chi connectivity index (χ1n) is 25.5. The number of aromatic nitrogens is 1. The van der Waals surface area contributed by atoms with E-state index < -0.39 is 82.8 Å². The quantitative estimate of drug-likeness (QED) is 0.0236. The van der Waals surface area contributed by atoms with Gasteiger partial charge in [-0.05, 0) is 125 Å². The van der Waals surface area contributed by atoms with Gasteiger partial charge in [0.15, 0.2) is 5.92 Å². The molecule has 2 aliphatic carbocycles. The van der Waals surface area contributed by atoms with Gasteiger partial charge in [0.2, 0.25) is 23.6 Å². The third-order valence-corrected chi connectivity index (χ3v) is 13.3. The number of aryl methyl sites for hydroxylation is 2. The van der Waals surface area contributed by atoms with Crippen molar-refractivity contribution in [2.24, 2.45) is 5.73 Å². The van der Waals surface area contributed by atoms with Crippen LogP contribution >= 0.6 is 0 Å². The number of ether oxygens (including phenoxy) is 3. The molecular formula is C58H70N6O10.